The molecule has 2 unspecified atom stereocenters. The molecule has 1 saturated carbocycles. The van der Waals surface area contributed by atoms with Gasteiger partial charge in [-0.05, 0) is 45.4 Å². The van der Waals surface area contributed by atoms with Gasteiger partial charge in [-0.1, -0.05) is 12.8 Å². The highest BCUT2D eigenvalue weighted by molar-refractivity contribution is 5.91. The molecule has 0 spiro atoms. The molecule has 3 fully saturated rings. The van der Waals surface area contributed by atoms with E-state index in [4.69, 9.17) is 0 Å². The molecule has 6 nitrogen and oxygen atoms in total. The Morgan fingerprint density at radius 2 is 1.74 bits per heavy atom. The fraction of sp³-hybridized carbons (Fsp3) is 0.875. The van der Waals surface area contributed by atoms with Gasteiger partial charge in [0.05, 0.1) is 0 Å². The van der Waals surface area contributed by atoms with Crippen molar-refractivity contribution in [1.82, 2.24) is 21.3 Å². The largest absolute Gasteiger partial charge is 0.351 e. The van der Waals surface area contributed by atoms with E-state index in [2.05, 4.69) is 21.3 Å². The average Bonchev–Trinajstić information content (AvgIpc) is 3.07. The van der Waals surface area contributed by atoms with Gasteiger partial charge in [0.2, 0.25) is 5.91 Å². The lowest BCUT2D eigenvalue weighted by molar-refractivity contribution is -0.128. The molecule has 3 rings (SSSR count). The lowest BCUT2D eigenvalue weighted by atomic mass is 9.93. The van der Waals surface area contributed by atoms with Crippen molar-refractivity contribution in [2.75, 3.05) is 6.54 Å². The van der Waals surface area contributed by atoms with Crippen molar-refractivity contribution in [1.29, 1.82) is 0 Å². The highest BCUT2D eigenvalue weighted by Crippen LogP contribution is 2.32. The summed E-state index contributed by atoms with van der Waals surface area (Å²) in [5.74, 6) is 0.0163. The molecule has 4 N–H and O–H groups in total. The predicted molar refractivity (Wildman–Crippen MR) is 91.8 cm³/mol. The SMILES string of the molecule is CCNC(=O)NC1(C(=O)NC2CC3CCC(C2)N3)CCCC1.Cl. The molecule has 2 atom stereocenters. The van der Waals surface area contributed by atoms with Gasteiger partial charge in [-0.15, -0.1) is 12.4 Å². The summed E-state index contributed by atoms with van der Waals surface area (Å²) >= 11 is 0. The third-order valence-corrected chi connectivity index (χ3v) is 5.39. The van der Waals surface area contributed by atoms with Crippen molar-refractivity contribution < 1.29 is 9.59 Å². The van der Waals surface area contributed by atoms with Gasteiger partial charge in [0, 0.05) is 24.7 Å². The van der Waals surface area contributed by atoms with Gasteiger partial charge in [0.25, 0.3) is 0 Å². The Hall–Kier alpha value is -1.01. The third kappa shape index (κ3) is 4.10. The van der Waals surface area contributed by atoms with E-state index >= 15 is 0 Å². The second-order valence-electron chi connectivity index (χ2n) is 7.05. The van der Waals surface area contributed by atoms with Crippen molar-refractivity contribution in [2.45, 2.75) is 82.0 Å². The smallest absolute Gasteiger partial charge is 0.315 e. The second kappa shape index (κ2) is 7.71. The zero-order chi connectivity index (χ0) is 15.6. The highest BCUT2D eigenvalue weighted by Gasteiger charge is 2.44. The molecule has 7 heteroatoms. The number of carbonyl (C=O) groups excluding carboxylic acids is 2. The van der Waals surface area contributed by atoms with Crippen LogP contribution in [-0.2, 0) is 4.79 Å². The Morgan fingerprint density at radius 1 is 1.13 bits per heavy atom. The molecule has 3 amide bonds. The van der Waals surface area contributed by atoms with E-state index in [1.165, 1.54) is 12.8 Å². The highest BCUT2D eigenvalue weighted by atomic mass is 35.5. The minimum atomic E-state index is -0.705. The first kappa shape index (κ1) is 18.3. The van der Waals surface area contributed by atoms with Gasteiger partial charge in [-0.2, -0.15) is 0 Å². The zero-order valence-electron chi connectivity index (χ0n) is 13.8. The van der Waals surface area contributed by atoms with Crippen LogP contribution in [0.4, 0.5) is 4.79 Å². The molecule has 2 bridgehead atoms. The van der Waals surface area contributed by atoms with Crippen molar-refractivity contribution >= 4 is 24.3 Å². The fourth-order valence-corrected chi connectivity index (χ4v) is 4.31. The summed E-state index contributed by atoms with van der Waals surface area (Å²) in [5.41, 5.74) is -0.705. The lowest BCUT2D eigenvalue weighted by Gasteiger charge is -2.34. The van der Waals surface area contributed by atoms with Crippen molar-refractivity contribution in [3.05, 3.63) is 0 Å². The van der Waals surface area contributed by atoms with E-state index in [1.807, 2.05) is 6.92 Å². The topological polar surface area (TPSA) is 82.3 Å². The minimum Gasteiger partial charge on any atom is -0.351 e. The molecule has 2 heterocycles. The van der Waals surface area contributed by atoms with E-state index < -0.39 is 5.54 Å². The molecule has 2 saturated heterocycles. The molecule has 0 radical (unpaired) electrons. The first-order chi connectivity index (χ1) is 10.6. The van der Waals surface area contributed by atoms with Crippen LogP contribution in [0.2, 0.25) is 0 Å². The van der Waals surface area contributed by atoms with Crippen molar-refractivity contribution in [2.24, 2.45) is 0 Å². The van der Waals surface area contributed by atoms with Crippen LogP contribution < -0.4 is 21.3 Å². The van der Waals surface area contributed by atoms with Crippen molar-refractivity contribution in [3.8, 4) is 0 Å². The second-order valence-corrected chi connectivity index (χ2v) is 7.05. The Bertz CT molecular complexity index is 428. The Kier molecular flexibility index (Phi) is 6.14. The van der Waals surface area contributed by atoms with Crippen LogP contribution in [0.25, 0.3) is 0 Å². The van der Waals surface area contributed by atoms with E-state index in [9.17, 15) is 9.59 Å². The van der Waals surface area contributed by atoms with E-state index in [0.717, 1.165) is 38.5 Å². The van der Waals surface area contributed by atoms with Crippen LogP contribution in [0, 0.1) is 0 Å². The van der Waals surface area contributed by atoms with E-state index in [-0.39, 0.29) is 30.4 Å². The van der Waals surface area contributed by atoms with Crippen LogP contribution in [0.3, 0.4) is 0 Å². The number of carbonyl (C=O) groups is 2. The summed E-state index contributed by atoms with van der Waals surface area (Å²) in [6, 6.07) is 1.13. The molecule has 2 aliphatic heterocycles. The summed E-state index contributed by atoms with van der Waals surface area (Å²) < 4.78 is 0. The first-order valence-corrected chi connectivity index (χ1v) is 8.74. The molecule has 23 heavy (non-hydrogen) atoms. The molecular weight excluding hydrogens is 316 g/mol. The predicted octanol–water partition coefficient (Wildman–Crippen LogP) is 1.44. The van der Waals surface area contributed by atoms with E-state index in [1.54, 1.807) is 0 Å². The van der Waals surface area contributed by atoms with E-state index in [0.29, 0.717) is 18.6 Å². The molecular formula is C16H29ClN4O2. The average molecular weight is 345 g/mol. The van der Waals surface area contributed by atoms with Crippen LogP contribution >= 0.6 is 12.4 Å². The summed E-state index contributed by atoms with van der Waals surface area (Å²) in [4.78, 5) is 24.7. The number of urea groups is 1. The molecule has 0 aromatic heterocycles. The monoisotopic (exact) mass is 344 g/mol. The van der Waals surface area contributed by atoms with Crippen LogP contribution in [0.1, 0.15) is 58.3 Å². The standard InChI is InChI=1S/C16H28N4O2.ClH/c1-2-17-15(22)20-16(7-3-4-8-16)14(21)19-13-9-11-5-6-12(10-13)18-11;/h11-13,18H,2-10H2,1H3,(H,19,21)(H2,17,20,22);1H. The Morgan fingerprint density at radius 3 is 2.30 bits per heavy atom. The summed E-state index contributed by atoms with van der Waals surface area (Å²) in [6.45, 7) is 2.45. The number of amides is 3. The molecule has 1 aliphatic carbocycles. The third-order valence-electron chi connectivity index (χ3n) is 5.39. The fourth-order valence-electron chi connectivity index (χ4n) is 4.31. The van der Waals surface area contributed by atoms with Gasteiger partial charge in [0.1, 0.15) is 5.54 Å². The quantitative estimate of drug-likeness (QED) is 0.623. The summed E-state index contributed by atoms with van der Waals surface area (Å²) in [6.07, 6.45) is 7.95. The van der Waals surface area contributed by atoms with Crippen LogP contribution in [0.5, 0.6) is 0 Å². The zero-order valence-corrected chi connectivity index (χ0v) is 14.6. The number of hydrogen-bond acceptors (Lipinski definition) is 3. The lowest BCUT2D eigenvalue weighted by Crippen LogP contribution is -2.61. The van der Waals surface area contributed by atoms with Gasteiger partial charge in [0.15, 0.2) is 0 Å². The maximum Gasteiger partial charge on any atom is 0.315 e. The number of fused-ring (bicyclic) bond motifs is 2. The number of piperidine rings is 1. The van der Waals surface area contributed by atoms with Gasteiger partial charge in [-0.3, -0.25) is 4.79 Å². The summed E-state index contributed by atoms with van der Waals surface area (Å²) in [5, 5.41) is 12.5. The summed E-state index contributed by atoms with van der Waals surface area (Å²) in [7, 11) is 0. The minimum absolute atomic E-state index is 0. The number of rotatable bonds is 4. The molecule has 0 aromatic carbocycles. The van der Waals surface area contributed by atoms with Gasteiger partial charge in [-0.25, -0.2) is 4.79 Å². The Balaban J connectivity index is 0.00000192. The van der Waals surface area contributed by atoms with Gasteiger partial charge < -0.3 is 21.3 Å². The van der Waals surface area contributed by atoms with Crippen molar-refractivity contribution in [3.63, 3.8) is 0 Å². The number of nitrogens with one attached hydrogen (secondary N) is 4. The Labute approximate surface area is 144 Å². The first-order valence-electron chi connectivity index (χ1n) is 8.74. The van der Waals surface area contributed by atoms with Crippen LogP contribution in [0.15, 0.2) is 0 Å². The maximum absolute atomic E-state index is 12.8. The maximum atomic E-state index is 12.8. The number of hydrogen-bond donors (Lipinski definition) is 4. The number of halogens is 1. The van der Waals surface area contributed by atoms with Gasteiger partial charge >= 0.3 is 6.03 Å². The molecule has 0 aromatic rings. The molecule has 132 valence electrons. The molecule has 3 aliphatic rings. The normalized spacial score (nSPS) is 31.1. The van der Waals surface area contributed by atoms with Crippen LogP contribution in [-0.4, -0.2) is 42.1 Å².